The second-order valence-electron chi connectivity index (χ2n) is 5.72. The van der Waals surface area contributed by atoms with Crippen molar-refractivity contribution in [3.05, 3.63) is 46.7 Å². The lowest BCUT2D eigenvalue weighted by Gasteiger charge is -2.11. The van der Waals surface area contributed by atoms with Gasteiger partial charge >= 0.3 is 0 Å². The van der Waals surface area contributed by atoms with Gasteiger partial charge in [0.2, 0.25) is 15.9 Å². The fourth-order valence-electron chi connectivity index (χ4n) is 2.17. The molecule has 0 radical (unpaired) electrons. The van der Waals surface area contributed by atoms with Gasteiger partial charge in [0.05, 0.1) is 23.2 Å². The number of anilines is 1. The number of aryl methyl sites for hydroxylation is 2. The molecule has 0 unspecified atom stereocenters. The molecule has 0 bridgehead atoms. The highest BCUT2D eigenvalue weighted by atomic mass is 32.2. The smallest absolute Gasteiger partial charge is 0.280 e. The molecule has 0 aliphatic carbocycles. The average molecular weight is 401 g/mol. The number of aromatic nitrogens is 3. The normalized spacial score (nSPS) is 11.0. The molecule has 0 saturated heterocycles. The van der Waals surface area contributed by atoms with Crippen molar-refractivity contribution in [2.75, 3.05) is 11.0 Å². The summed E-state index contributed by atoms with van der Waals surface area (Å²) in [6.07, 6.45) is 4.05. The summed E-state index contributed by atoms with van der Waals surface area (Å²) in [7, 11) is -3.53. The van der Waals surface area contributed by atoms with Crippen LogP contribution in [0.1, 0.15) is 16.1 Å². The minimum Gasteiger partial charge on any atom is -0.409 e. The van der Waals surface area contributed by atoms with Crippen LogP contribution in [0.2, 0.25) is 0 Å². The van der Waals surface area contributed by atoms with Crippen LogP contribution in [0.15, 0.2) is 30.6 Å². The Morgan fingerprint density at radius 1 is 1.22 bits per heavy atom. The Labute approximate surface area is 160 Å². The largest absolute Gasteiger partial charge is 0.409 e. The van der Waals surface area contributed by atoms with Gasteiger partial charge in [0, 0.05) is 22.8 Å². The zero-order valence-corrected chi connectivity index (χ0v) is 16.3. The van der Waals surface area contributed by atoms with Crippen LogP contribution in [0.3, 0.4) is 0 Å². The molecule has 138 valence electrons. The zero-order valence-electron chi connectivity index (χ0n) is 14.7. The third kappa shape index (κ3) is 4.58. The first kappa shape index (κ1) is 18.8. The summed E-state index contributed by atoms with van der Waals surface area (Å²) in [6.45, 7) is 3.77. The molecule has 10 heteroatoms. The molecule has 0 amide bonds. The van der Waals surface area contributed by atoms with E-state index in [1.807, 2.05) is 19.9 Å². The Balaban J connectivity index is 2.06. The Morgan fingerprint density at radius 3 is 2.63 bits per heavy atom. The summed E-state index contributed by atoms with van der Waals surface area (Å²) in [6, 6.07) is 6.83. The Hall–Kier alpha value is -3.03. The van der Waals surface area contributed by atoms with E-state index in [1.54, 1.807) is 24.4 Å². The summed E-state index contributed by atoms with van der Waals surface area (Å²) >= 11 is 1.34. The van der Waals surface area contributed by atoms with E-state index >= 15 is 0 Å². The van der Waals surface area contributed by atoms with E-state index in [2.05, 4.69) is 19.7 Å². The van der Waals surface area contributed by atoms with Crippen LogP contribution in [-0.4, -0.2) is 29.6 Å². The molecule has 0 atom stereocenters. The third-order valence-corrected chi connectivity index (χ3v) is 5.05. The maximum Gasteiger partial charge on any atom is 0.280 e. The summed E-state index contributed by atoms with van der Waals surface area (Å²) in [5, 5.41) is 9.40. The van der Waals surface area contributed by atoms with E-state index in [-0.39, 0.29) is 11.6 Å². The lowest BCUT2D eigenvalue weighted by Crippen LogP contribution is -2.11. The van der Waals surface area contributed by atoms with Gasteiger partial charge < -0.3 is 4.74 Å². The van der Waals surface area contributed by atoms with Crippen LogP contribution in [-0.2, 0) is 10.0 Å². The molecule has 0 aromatic carbocycles. The number of sulfonamides is 1. The second kappa shape index (κ2) is 7.30. The number of nitriles is 1. The molecule has 3 heterocycles. The van der Waals surface area contributed by atoms with Gasteiger partial charge in [-0.3, -0.25) is 9.71 Å². The second-order valence-corrected chi connectivity index (χ2v) is 8.64. The monoisotopic (exact) mass is 401 g/mol. The highest BCUT2D eigenvalue weighted by Crippen LogP contribution is 2.34. The van der Waals surface area contributed by atoms with Crippen molar-refractivity contribution in [1.29, 1.82) is 5.26 Å². The van der Waals surface area contributed by atoms with Crippen LogP contribution in [0.25, 0.3) is 11.3 Å². The SMILES string of the molecule is Cc1nc(Oc2nc(-c3cncc(C#N)c3)ccc2NS(C)(=O)=O)sc1C. The number of pyridine rings is 2. The molecule has 0 fully saturated rings. The molecule has 3 rings (SSSR count). The van der Waals surface area contributed by atoms with Crippen molar-refractivity contribution in [3.63, 3.8) is 0 Å². The number of hydrogen-bond acceptors (Lipinski definition) is 8. The third-order valence-electron chi connectivity index (χ3n) is 3.51. The fraction of sp³-hybridized carbons (Fsp3) is 0.176. The number of nitrogens with one attached hydrogen (secondary N) is 1. The first-order valence-corrected chi connectivity index (χ1v) is 10.4. The number of hydrogen-bond donors (Lipinski definition) is 1. The van der Waals surface area contributed by atoms with Crippen molar-refractivity contribution < 1.29 is 13.2 Å². The molecule has 8 nitrogen and oxygen atoms in total. The number of rotatable bonds is 5. The minimum atomic E-state index is -3.53. The number of thiazole rings is 1. The van der Waals surface area contributed by atoms with E-state index in [9.17, 15) is 8.42 Å². The van der Waals surface area contributed by atoms with Gasteiger partial charge in [-0.1, -0.05) is 11.3 Å². The molecule has 0 aliphatic heterocycles. The van der Waals surface area contributed by atoms with Crippen LogP contribution in [0.4, 0.5) is 5.69 Å². The van der Waals surface area contributed by atoms with Gasteiger partial charge in [-0.2, -0.15) is 5.26 Å². The van der Waals surface area contributed by atoms with Gasteiger partial charge in [0.15, 0.2) is 0 Å². The van der Waals surface area contributed by atoms with Crippen molar-refractivity contribution in [1.82, 2.24) is 15.0 Å². The summed E-state index contributed by atoms with van der Waals surface area (Å²) in [5.74, 6) is 0.0639. The fourth-order valence-corrected chi connectivity index (χ4v) is 3.48. The van der Waals surface area contributed by atoms with Crippen molar-refractivity contribution in [2.45, 2.75) is 13.8 Å². The maximum atomic E-state index is 11.6. The van der Waals surface area contributed by atoms with Gasteiger partial charge in [-0.15, -0.1) is 0 Å². The highest BCUT2D eigenvalue weighted by Gasteiger charge is 2.16. The molecule has 0 saturated carbocycles. The van der Waals surface area contributed by atoms with E-state index in [4.69, 9.17) is 10.00 Å². The van der Waals surface area contributed by atoms with E-state index in [1.165, 1.54) is 17.5 Å². The van der Waals surface area contributed by atoms with Gasteiger partial charge in [0.1, 0.15) is 11.8 Å². The Bertz CT molecular complexity index is 1130. The molecule has 0 aliphatic rings. The predicted octanol–water partition coefficient (Wildman–Crippen LogP) is 3.25. The van der Waals surface area contributed by atoms with Gasteiger partial charge in [0.25, 0.3) is 5.19 Å². The van der Waals surface area contributed by atoms with Crippen molar-refractivity contribution in [2.24, 2.45) is 0 Å². The molecule has 27 heavy (non-hydrogen) atoms. The van der Waals surface area contributed by atoms with E-state index in [0.717, 1.165) is 16.8 Å². The van der Waals surface area contributed by atoms with Crippen LogP contribution < -0.4 is 9.46 Å². The molecule has 1 N–H and O–H groups in total. The minimum absolute atomic E-state index is 0.0639. The summed E-state index contributed by atoms with van der Waals surface area (Å²) < 4.78 is 31.4. The maximum absolute atomic E-state index is 11.6. The number of nitrogens with zero attached hydrogens (tertiary/aromatic N) is 4. The average Bonchev–Trinajstić information content (AvgIpc) is 2.93. The van der Waals surface area contributed by atoms with E-state index in [0.29, 0.717) is 22.0 Å². The van der Waals surface area contributed by atoms with Crippen molar-refractivity contribution in [3.8, 4) is 28.4 Å². The van der Waals surface area contributed by atoms with Gasteiger partial charge in [-0.25, -0.2) is 18.4 Å². The summed E-state index contributed by atoms with van der Waals surface area (Å²) in [4.78, 5) is 13.7. The first-order valence-electron chi connectivity index (χ1n) is 7.71. The predicted molar refractivity (Wildman–Crippen MR) is 102 cm³/mol. The molecular weight excluding hydrogens is 386 g/mol. The van der Waals surface area contributed by atoms with Crippen molar-refractivity contribution >= 4 is 27.0 Å². The molecule has 3 aromatic heterocycles. The van der Waals surface area contributed by atoms with Crippen LogP contribution >= 0.6 is 11.3 Å². The molecule has 0 spiro atoms. The van der Waals surface area contributed by atoms with Crippen LogP contribution in [0, 0.1) is 25.2 Å². The van der Waals surface area contributed by atoms with Gasteiger partial charge in [-0.05, 0) is 32.0 Å². The molecular formula is C17H15N5O3S2. The topological polar surface area (TPSA) is 118 Å². The lowest BCUT2D eigenvalue weighted by molar-refractivity contribution is 0.461. The summed E-state index contributed by atoms with van der Waals surface area (Å²) in [5.41, 5.74) is 2.50. The number of ether oxygens (including phenoxy) is 1. The standard InChI is InChI=1S/C17H15N5O3S2/c1-10-11(2)26-17(20-10)25-16-15(22-27(3,23)24)5-4-14(21-16)13-6-12(7-18)8-19-9-13/h4-6,8-9,22H,1-3H3. The Morgan fingerprint density at radius 2 is 2.00 bits per heavy atom. The first-order chi connectivity index (χ1) is 12.7. The Kier molecular flexibility index (Phi) is 5.07. The zero-order chi connectivity index (χ0) is 19.6. The van der Waals surface area contributed by atoms with Crippen LogP contribution in [0.5, 0.6) is 11.1 Å². The molecule has 3 aromatic rings. The van der Waals surface area contributed by atoms with E-state index < -0.39 is 10.0 Å². The lowest BCUT2D eigenvalue weighted by atomic mass is 10.1. The quantitative estimate of drug-likeness (QED) is 0.697. The highest BCUT2D eigenvalue weighted by molar-refractivity contribution is 7.92.